The fourth-order valence-corrected chi connectivity index (χ4v) is 2.86. The summed E-state index contributed by atoms with van der Waals surface area (Å²) in [7, 11) is 1.65. The molecule has 1 N–H and O–H groups in total. The summed E-state index contributed by atoms with van der Waals surface area (Å²) in [4.78, 5) is 14.6. The number of nitrogens with zero attached hydrogens (tertiary/aromatic N) is 1. The normalized spacial score (nSPS) is 12.2. The molecule has 0 aliphatic carbocycles. The summed E-state index contributed by atoms with van der Waals surface area (Å²) in [5.74, 6) is -0.150. The minimum Gasteiger partial charge on any atom is -0.383 e. The Labute approximate surface area is 158 Å². The first-order chi connectivity index (χ1) is 12.0. The van der Waals surface area contributed by atoms with Crippen LogP contribution in [0, 0.1) is 0 Å². The molecule has 0 radical (unpaired) electrons. The number of methoxy groups -OCH3 is 1. The molecule has 4 nitrogen and oxygen atoms in total. The van der Waals surface area contributed by atoms with Crippen LogP contribution in [0.1, 0.15) is 18.5 Å². The second-order valence-electron chi connectivity index (χ2n) is 5.72. The Morgan fingerprint density at radius 3 is 2.60 bits per heavy atom. The van der Waals surface area contributed by atoms with Gasteiger partial charge in [-0.3, -0.25) is 9.69 Å². The highest BCUT2D eigenvalue weighted by Gasteiger charge is 2.19. The van der Waals surface area contributed by atoms with Gasteiger partial charge in [-0.25, -0.2) is 0 Å². The average molecular weight is 381 g/mol. The molecule has 0 aliphatic heterocycles. The zero-order valence-electron chi connectivity index (χ0n) is 14.3. The van der Waals surface area contributed by atoms with Crippen LogP contribution in [-0.2, 0) is 9.53 Å². The van der Waals surface area contributed by atoms with Crippen LogP contribution in [0.4, 0.5) is 5.69 Å². The fraction of sp³-hybridized carbons (Fsp3) is 0.316. The molecule has 25 heavy (non-hydrogen) atoms. The summed E-state index contributed by atoms with van der Waals surface area (Å²) in [5, 5.41) is 3.80. The van der Waals surface area contributed by atoms with Crippen LogP contribution in [0.3, 0.4) is 0 Å². The summed E-state index contributed by atoms with van der Waals surface area (Å²) in [5.41, 5.74) is 1.66. The maximum Gasteiger partial charge on any atom is 0.238 e. The van der Waals surface area contributed by atoms with E-state index in [0.29, 0.717) is 28.9 Å². The molecule has 0 fully saturated rings. The van der Waals surface area contributed by atoms with E-state index in [4.69, 9.17) is 27.9 Å². The van der Waals surface area contributed by atoms with Crippen molar-refractivity contribution in [3.05, 3.63) is 64.1 Å². The van der Waals surface area contributed by atoms with E-state index in [0.717, 1.165) is 5.56 Å². The van der Waals surface area contributed by atoms with Gasteiger partial charge >= 0.3 is 0 Å². The van der Waals surface area contributed by atoms with Crippen LogP contribution >= 0.6 is 23.2 Å². The number of hydrogen-bond acceptors (Lipinski definition) is 3. The molecule has 6 heteroatoms. The largest absolute Gasteiger partial charge is 0.383 e. The van der Waals surface area contributed by atoms with Crippen molar-refractivity contribution in [3.8, 4) is 0 Å². The van der Waals surface area contributed by atoms with E-state index in [1.807, 2.05) is 18.2 Å². The Morgan fingerprint density at radius 2 is 1.92 bits per heavy atom. The average Bonchev–Trinajstić information content (AvgIpc) is 2.62. The predicted molar refractivity (Wildman–Crippen MR) is 103 cm³/mol. The summed E-state index contributed by atoms with van der Waals surface area (Å²) in [6.45, 7) is 3.48. The van der Waals surface area contributed by atoms with Gasteiger partial charge in [0.25, 0.3) is 0 Å². The van der Waals surface area contributed by atoms with E-state index >= 15 is 0 Å². The summed E-state index contributed by atoms with van der Waals surface area (Å²) < 4.78 is 5.18. The summed E-state index contributed by atoms with van der Waals surface area (Å²) in [6, 6.07) is 15.1. The zero-order chi connectivity index (χ0) is 18.2. The molecular formula is C19H22Cl2N2O2. The highest BCUT2D eigenvalue weighted by molar-refractivity contribution is 6.35. The van der Waals surface area contributed by atoms with Gasteiger partial charge in [0, 0.05) is 24.7 Å². The van der Waals surface area contributed by atoms with E-state index in [2.05, 4.69) is 29.3 Å². The van der Waals surface area contributed by atoms with Crippen molar-refractivity contribution >= 4 is 34.8 Å². The monoisotopic (exact) mass is 380 g/mol. The number of halogens is 2. The van der Waals surface area contributed by atoms with Gasteiger partial charge in [0.1, 0.15) is 0 Å². The third-order valence-corrected chi connectivity index (χ3v) is 4.53. The minimum atomic E-state index is -0.150. The van der Waals surface area contributed by atoms with Crippen molar-refractivity contribution < 1.29 is 9.53 Å². The van der Waals surface area contributed by atoms with E-state index in [9.17, 15) is 4.79 Å². The summed E-state index contributed by atoms with van der Waals surface area (Å²) >= 11 is 12.1. The Kier molecular flexibility index (Phi) is 7.72. The highest BCUT2D eigenvalue weighted by Crippen LogP contribution is 2.26. The molecule has 0 heterocycles. The van der Waals surface area contributed by atoms with Gasteiger partial charge in [0.05, 0.1) is 23.9 Å². The zero-order valence-corrected chi connectivity index (χ0v) is 15.8. The number of carbonyl (C=O) groups excluding carboxylic acids is 1. The van der Waals surface area contributed by atoms with E-state index in [-0.39, 0.29) is 18.5 Å². The highest BCUT2D eigenvalue weighted by atomic mass is 35.5. The van der Waals surface area contributed by atoms with Crippen molar-refractivity contribution in [2.24, 2.45) is 0 Å². The number of nitrogens with one attached hydrogen (secondary N) is 1. The lowest BCUT2D eigenvalue weighted by Gasteiger charge is -2.28. The smallest absolute Gasteiger partial charge is 0.238 e. The van der Waals surface area contributed by atoms with Gasteiger partial charge in [0.15, 0.2) is 0 Å². The Hall–Kier alpha value is -1.59. The third-order valence-electron chi connectivity index (χ3n) is 3.96. The Bertz CT molecular complexity index is 695. The molecular weight excluding hydrogens is 359 g/mol. The number of carbonyl (C=O) groups is 1. The topological polar surface area (TPSA) is 41.6 Å². The lowest BCUT2D eigenvalue weighted by molar-refractivity contribution is -0.118. The lowest BCUT2D eigenvalue weighted by atomic mass is 10.1. The van der Waals surface area contributed by atoms with Gasteiger partial charge in [-0.2, -0.15) is 0 Å². The van der Waals surface area contributed by atoms with Crippen molar-refractivity contribution in [2.75, 3.05) is 32.1 Å². The third kappa shape index (κ3) is 6.01. The molecule has 2 rings (SSSR count). The maximum absolute atomic E-state index is 12.5. The standard InChI is InChI=1S/C19H22Cl2N2O2/c1-14(15-6-4-3-5-7-15)23(10-11-25-2)13-19(24)22-18-12-16(20)8-9-17(18)21/h3-9,12,14H,10-11,13H2,1-2H3,(H,22,24)/t14-/m0/s1. The first-order valence-electron chi connectivity index (χ1n) is 8.04. The molecule has 0 spiro atoms. The van der Waals surface area contributed by atoms with Gasteiger partial charge in [-0.05, 0) is 30.7 Å². The molecule has 0 aliphatic rings. The first kappa shape index (κ1) is 19.7. The number of rotatable bonds is 8. The van der Waals surface area contributed by atoms with Crippen molar-refractivity contribution in [1.82, 2.24) is 4.90 Å². The van der Waals surface area contributed by atoms with E-state index in [1.54, 1.807) is 25.3 Å². The predicted octanol–water partition coefficient (Wildman–Crippen LogP) is 4.64. The van der Waals surface area contributed by atoms with E-state index in [1.165, 1.54) is 0 Å². The lowest BCUT2D eigenvalue weighted by Crippen LogP contribution is -2.37. The molecule has 1 atom stereocenters. The molecule has 2 aromatic rings. The number of anilines is 1. The first-order valence-corrected chi connectivity index (χ1v) is 8.79. The fourth-order valence-electron chi connectivity index (χ4n) is 2.53. The molecule has 0 saturated heterocycles. The maximum atomic E-state index is 12.5. The Balaban J connectivity index is 2.07. The SMILES string of the molecule is COCCN(CC(=O)Nc1cc(Cl)ccc1Cl)[C@@H](C)c1ccccc1. The van der Waals surface area contributed by atoms with Crippen LogP contribution in [0.2, 0.25) is 10.0 Å². The Morgan fingerprint density at radius 1 is 1.20 bits per heavy atom. The molecule has 134 valence electrons. The molecule has 0 saturated carbocycles. The number of amides is 1. The van der Waals surface area contributed by atoms with Crippen LogP contribution in [0.25, 0.3) is 0 Å². The van der Waals surface area contributed by atoms with Gasteiger partial charge in [0.2, 0.25) is 5.91 Å². The number of hydrogen-bond donors (Lipinski definition) is 1. The molecule has 2 aromatic carbocycles. The summed E-state index contributed by atoms with van der Waals surface area (Å²) in [6.07, 6.45) is 0. The van der Waals surface area contributed by atoms with Crippen LogP contribution < -0.4 is 5.32 Å². The second kappa shape index (κ2) is 9.78. The van der Waals surface area contributed by atoms with Gasteiger partial charge in [-0.15, -0.1) is 0 Å². The molecule has 0 unspecified atom stereocenters. The van der Waals surface area contributed by atoms with Gasteiger partial charge < -0.3 is 10.1 Å². The molecule has 0 aromatic heterocycles. The van der Waals surface area contributed by atoms with Crippen LogP contribution in [0.5, 0.6) is 0 Å². The minimum absolute atomic E-state index is 0.0805. The molecule has 0 bridgehead atoms. The van der Waals surface area contributed by atoms with Gasteiger partial charge in [-0.1, -0.05) is 53.5 Å². The van der Waals surface area contributed by atoms with Crippen molar-refractivity contribution in [2.45, 2.75) is 13.0 Å². The van der Waals surface area contributed by atoms with Crippen molar-refractivity contribution in [1.29, 1.82) is 0 Å². The quantitative estimate of drug-likeness (QED) is 0.724. The number of benzene rings is 2. The molecule has 1 amide bonds. The van der Waals surface area contributed by atoms with Crippen molar-refractivity contribution in [3.63, 3.8) is 0 Å². The number of ether oxygens (including phenoxy) is 1. The van der Waals surface area contributed by atoms with Crippen LogP contribution in [-0.4, -0.2) is 37.6 Å². The second-order valence-corrected chi connectivity index (χ2v) is 6.57. The van der Waals surface area contributed by atoms with Crippen LogP contribution in [0.15, 0.2) is 48.5 Å². The van der Waals surface area contributed by atoms with E-state index < -0.39 is 0 Å².